The molecule has 99 heavy (non-hydrogen) atoms. The van der Waals surface area contributed by atoms with Crippen molar-refractivity contribution in [1.82, 2.24) is 0 Å². The first-order valence-electron chi connectivity index (χ1n) is 38.5. The van der Waals surface area contributed by atoms with Crippen molar-refractivity contribution in [3.63, 3.8) is 0 Å². The minimum absolute atomic E-state index is 0.167. The number of likely N-dealkylation sites (N-methyl/N-ethyl adjacent to an activating group) is 1. The quantitative estimate of drug-likeness (QED) is 0.0211. The van der Waals surface area contributed by atoms with E-state index in [-0.39, 0.29) is 38.6 Å². The lowest BCUT2D eigenvalue weighted by Gasteiger charge is -2.25. The van der Waals surface area contributed by atoms with Crippen LogP contribution < -0.4 is 0 Å². The number of allylic oxidation sites excluding steroid dienone is 38. The number of nitrogens with zero attached hydrogens (tertiary/aromatic N) is 1. The summed E-state index contributed by atoms with van der Waals surface area (Å²) in [4.78, 5) is 37.7. The van der Waals surface area contributed by atoms with Gasteiger partial charge in [0.2, 0.25) is 0 Å². The second kappa shape index (κ2) is 77.1. The highest BCUT2D eigenvalue weighted by Gasteiger charge is 2.25. The van der Waals surface area contributed by atoms with Crippen molar-refractivity contribution < 1.29 is 42.9 Å². The lowest BCUT2D eigenvalue weighted by molar-refractivity contribution is -0.870. The van der Waals surface area contributed by atoms with Crippen LogP contribution in [0.15, 0.2) is 231 Å². The lowest BCUT2D eigenvalue weighted by atomic mass is 10.0. The van der Waals surface area contributed by atoms with Gasteiger partial charge in [0.15, 0.2) is 6.10 Å². The van der Waals surface area contributed by atoms with Crippen molar-refractivity contribution in [2.24, 2.45) is 0 Å². The summed E-state index contributed by atoms with van der Waals surface area (Å²) < 4.78 is 22.9. The minimum Gasteiger partial charge on any atom is -0.477 e. The Bertz CT molecular complexity index is 2490. The van der Waals surface area contributed by atoms with Crippen molar-refractivity contribution in [3.05, 3.63) is 231 Å². The Hall–Kier alpha value is -6.65. The number of hydrogen-bond acceptors (Lipinski definition) is 7. The minimum atomic E-state index is -1.54. The third-order valence-electron chi connectivity index (χ3n) is 15.4. The van der Waals surface area contributed by atoms with Crippen LogP contribution in [0.1, 0.15) is 258 Å². The number of carbonyl (C=O) groups excluding carboxylic acids is 2. The molecule has 0 spiro atoms. The van der Waals surface area contributed by atoms with Crippen molar-refractivity contribution in [1.29, 1.82) is 0 Å². The molecule has 552 valence electrons. The van der Waals surface area contributed by atoms with Crippen molar-refractivity contribution in [3.8, 4) is 0 Å². The molecule has 0 fully saturated rings. The fourth-order valence-electron chi connectivity index (χ4n) is 9.62. The average Bonchev–Trinajstić information content (AvgIpc) is 1.14. The predicted octanol–water partition coefficient (Wildman–Crippen LogP) is 25.0. The summed E-state index contributed by atoms with van der Waals surface area (Å²) in [6, 6.07) is 0. The Labute approximate surface area is 606 Å². The summed E-state index contributed by atoms with van der Waals surface area (Å²) in [5.41, 5.74) is 0. The molecule has 0 saturated heterocycles. The van der Waals surface area contributed by atoms with Gasteiger partial charge < -0.3 is 28.5 Å². The fraction of sp³-hybridized carbons (Fsp3) is 0.544. The molecule has 0 aliphatic heterocycles. The first kappa shape index (κ1) is 92.4. The van der Waals surface area contributed by atoms with E-state index >= 15 is 0 Å². The Kier molecular flexibility index (Phi) is 71.9. The SMILES string of the molecule is CC/C=C\C/C=C\C/C=C\C/C=C\C/C=C\C/C=C\C/C=C\C/C=C\C/C=C\C/C=C\C/C=C\C/C=C\CCCCC(=O)OC(COC(=O)CCCCCCCCCCCCCCC/C=C\C/C=C\C/C=C\C/C=C\C/C=C\C/C=C\C/C=C\CC)COC(OCC[N+](C)(C)C)C(=O)O. The van der Waals surface area contributed by atoms with Crippen molar-refractivity contribution in [2.75, 3.05) is 47.5 Å². The monoisotopic (exact) mass is 1360 g/mol. The molecule has 0 aromatic heterocycles. The number of quaternary nitrogens is 1. The van der Waals surface area contributed by atoms with Gasteiger partial charge in [-0.3, -0.25) is 9.59 Å². The van der Waals surface area contributed by atoms with E-state index in [4.69, 9.17) is 18.9 Å². The second-order valence-electron chi connectivity index (χ2n) is 25.8. The lowest BCUT2D eigenvalue weighted by Crippen LogP contribution is -2.40. The summed E-state index contributed by atoms with van der Waals surface area (Å²) in [5.74, 6) is -2.09. The van der Waals surface area contributed by atoms with Gasteiger partial charge in [0.1, 0.15) is 13.2 Å². The summed E-state index contributed by atoms with van der Waals surface area (Å²) in [6.45, 7) is 4.57. The van der Waals surface area contributed by atoms with E-state index in [0.29, 0.717) is 17.4 Å². The van der Waals surface area contributed by atoms with E-state index < -0.39 is 24.3 Å². The molecule has 0 aromatic rings. The number of unbranched alkanes of at least 4 members (excludes halogenated alkanes) is 15. The normalized spacial score (nSPS) is 14.0. The Morgan fingerprint density at radius 3 is 0.828 bits per heavy atom. The topological polar surface area (TPSA) is 108 Å². The van der Waals surface area contributed by atoms with Gasteiger partial charge in [0, 0.05) is 12.8 Å². The molecule has 0 aliphatic carbocycles. The molecule has 9 nitrogen and oxygen atoms in total. The highest BCUT2D eigenvalue weighted by Crippen LogP contribution is 2.15. The standard InChI is InChI=1S/C90H139NO8/c1-6-8-10-12-14-16-18-20-22-24-26-28-30-32-34-36-38-40-42-43-44-45-47-49-51-53-55-57-59-61-63-65-67-69-71-73-75-77-79-81-88(93)99-86(85-98-90(89(94)95)96-83-82-91(3,4)5)84-97-87(92)80-78-76-74-72-70-68-66-64-62-60-58-56-54-52-50-48-46-41-39-37-35-33-31-29-27-25-23-21-19-17-15-13-11-9-7-2/h8-11,14-17,20-23,26-29,32-35,38-41,43-44,47-50,53,55,59,61,65,67,71,73,86,90H,6-7,12-13,18-19,24-25,30-31,36-37,42,45-46,51-52,54,56-58,60,62-64,66,68-70,72,74-85H2,1-5H3/p+1/b10-8-,11-9-,16-14-,17-15-,22-20-,23-21-,28-26-,29-27-,34-32-,35-33-,40-38-,41-39-,44-43-,49-47-,50-48-,55-53-,61-59-,67-65-,73-71-. The third-order valence-corrected chi connectivity index (χ3v) is 15.4. The zero-order valence-corrected chi connectivity index (χ0v) is 63.0. The molecular weight excluding hydrogens is 1220 g/mol. The van der Waals surface area contributed by atoms with Gasteiger partial charge in [-0.05, 0) is 161 Å². The maximum atomic E-state index is 13.0. The molecule has 2 unspecified atom stereocenters. The Morgan fingerprint density at radius 2 is 0.545 bits per heavy atom. The van der Waals surface area contributed by atoms with Crippen LogP contribution in [-0.4, -0.2) is 87.4 Å². The molecule has 2 atom stereocenters. The number of carboxylic acid groups (broad SMARTS) is 1. The molecule has 0 rings (SSSR count). The first-order chi connectivity index (χ1) is 48.6. The number of hydrogen-bond donors (Lipinski definition) is 1. The van der Waals surface area contributed by atoms with Gasteiger partial charge in [-0.1, -0.05) is 315 Å². The van der Waals surface area contributed by atoms with Crippen LogP contribution in [0, 0.1) is 0 Å². The van der Waals surface area contributed by atoms with Crippen LogP contribution in [0.25, 0.3) is 0 Å². The van der Waals surface area contributed by atoms with Gasteiger partial charge in [0.25, 0.3) is 6.29 Å². The van der Waals surface area contributed by atoms with Crippen molar-refractivity contribution in [2.45, 2.75) is 270 Å². The molecule has 1 N–H and O–H groups in total. The van der Waals surface area contributed by atoms with E-state index in [2.05, 4.69) is 245 Å². The highest BCUT2D eigenvalue weighted by molar-refractivity contribution is 5.71. The largest absolute Gasteiger partial charge is 0.477 e. The fourth-order valence-corrected chi connectivity index (χ4v) is 9.62. The van der Waals surface area contributed by atoms with Gasteiger partial charge in [-0.2, -0.15) is 0 Å². The van der Waals surface area contributed by atoms with E-state index in [0.717, 1.165) is 161 Å². The molecule has 0 heterocycles. The summed E-state index contributed by atoms with van der Waals surface area (Å²) >= 11 is 0. The molecule has 0 aromatic carbocycles. The summed E-state index contributed by atoms with van der Waals surface area (Å²) in [6.07, 6.45) is 120. The first-order valence-corrected chi connectivity index (χ1v) is 38.5. The third kappa shape index (κ3) is 78.6. The van der Waals surface area contributed by atoms with Crippen LogP contribution in [0.4, 0.5) is 0 Å². The zero-order chi connectivity index (χ0) is 71.8. The second-order valence-corrected chi connectivity index (χ2v) is 25.8. The van der Waals surface area contributed by atoms with Gasteiger partial charge in [-0.25, -0.2) is 4.79 Å². The summed E-state index contributed by atoms with van der Waals surface area (Å²) in [7, 11) is 5.95. The smallest absolute Gasteiger partial charge is 0.361 e. The number of aliphatic carboxylic acids is 1. The van der Waals surface area contributed by atoms with E-state index in [1.54, 1.807) is 0 Å². The van der Waals surface area contributed by atoms with Crippen LogP contribution in [0.5, 0.6) is 0 Å². The molecule has 0 amide bonds. The molecule has 0 aliphatic rings. The number of rotatable bonds is 68. The Morgan fingerprint density at radius 1 is 0.303 bits per heavy atom. The maximum Gasteiger partial charge on any atom is 0.361 e. The van der Waals surface area contributed by atoms with Crippen molar-refractivity contribution >= 4 is 17.9 Å². The van der Waals surface area contributed by atoms with Crippen LogP contribution in [0.2, 0.25) is 0 Å². The summed E-state index contributed by atoms with van der Waals surface area (Å²) in [5, 5.41) is 9.76. The number of carboxylic acids is 1. The van der Waals surface area contributed by atoms with Gasteiger partial charge >= 0.3 is 17.9 Å². The molecule has 9 heteroatoms. The zero-order valence-electron chi connectivity index (χ0n) is 63.0. The number of esters is 2. The van der Waals surface area contributed by atoms with Crippen LogP contribution in [0.3, 0.4) is 0 Å². The highest BCUT2D eigenvalue weighted by atomic mass is 16.7. The Balaban J connectivity index is 4.24. The van der Waals surface area contributed by atoms with Crippen LogP contribution >= 0.6 is 0 Å². The van der Waals surface area contributed by atoms with E-state index in [1.807, 2.05) is 21.1 Å². The number of ether oxygens (including phenoxy) is 4. The molecule has 0 radical (unpaired) electrons. The van der Waals surface area contributed by atoms with Gasteiger partial charge in [-0.15, -0.1) is 0 Å². The van der Waals surface area contributed by atoms with E-state index in [9.17, 15) is 19.5 Å². The average molecular weight is 1360 g/mol. The molecular formula is C90H140NO8+. The molecule has 0 bridgehead atoms. The van der Waals surface area contributed by atoms with Gasteiger partial charge in [0.05, 0.1) is 34.4 Å². The maximum absolute atomic E-state index is 13.0. The predicted molar refractivity (Wildman–Crippen MR) is 428 cm³/mol. The van der Waals surface area contributed by atoms with Crippen LogP contribution in [-0.2, 0) is 33.3 Å². The number of carbonyl (C=O) groups is 3. The van der Waals surface area contributed by atoms with E-state index in [1.165, 1.54) is 64.2 Å². The molecule has 0 saturated carbocycles.